The van der Waals surface area contributed by atoms with Gasteiger partial charge in [-0.3, -0.25) is 9.78 Å². The third kappa shape index (κ3) is 2.31. The van der Waals surface area contributed by atoms with Crippen molar-refractivity contribution in [3.8, 4) is 0 Å². The molecule has 0 saturated carbocycles. The number of hydrogen-bond acceptors (Lipinski definition) is 2. The van der Waals surface area contributed by atoms with Gasteiger partial charge in [-0.05, 0) is 49.1 Å². The van der Waals surface area contributed by atoms with Gasteiger partial charge in [-0.15, -0.1) is 0 Å². The van der Waals surface area contributed by atoms with Gasteiger partial charge in [0.25, 0.3) is 5.91 Å². The predicted molar refractivity (Wildman–Crippen MR) is 78.4 cm³/mol. The van der Waals surface area contributed by atoms with Gasteiger partial charge in [0.05, 0.1) is 6.04 Å². The fraction of sp³-hybridized carbons (Fsp3) is 0.294. The topological polar surface area (TPSA) is 33.2 Å². The molecule has 3 nitrogen and oxygen atoms in total. The molecule has 1 saturated heterocycles. The molecule has 1 fully saturated rings. The van der Waals surface area contributed by atoms with E-state index in [1.165, 1.54) is 11.1 Å². The van der Waals surface area contributed by atoms with Gasteiger partial charge >= 0.3 is 0 Å². The number of benzene rings is 1. The van der Waals surface area contributed by atoms with E-state index >= 15 is 0 Å². The summed E-state index contributed by atoms with van der Waals surface area (Å²) in [4.78, 5) is 18.9. The van der Waals surface area contributed by atoms with E-state index in [1.807, 2.05) is 47.5 Å². The lowest BCUT2D eigenvalue weighted by Gasteiger charge is -2.26. The molecular weight excluding hydrogens is 248 g/mol. The quantitative estimate of drug-likeness (QED) is 0.835. The summed E-state index contributed by atoms with van der Waals surface area (Å²) in [5.74, 6) is 0.122. The first-order chi connectivity index (χ1) is 9.77. The number of rotatable bonds is 2. The Morgan fingerprint density at radius 3 is 2.80 bits per heavy atom. The fourth-order valence-corrected chi connectivity index (χ4v) is 2.90. The van der Waals surface area contributed by atoms with Gasteiger partial charge in [0.15, 0.2) is 0 Å². The zero-order valence-electron chi connectivity index (χ0n) is 11.6. The van der Waals surface area contributed by atoms with Gasteiger partial charge in [0.2, 0.25) is 0 Å². The number of nitrogens with zero attached hydrogens (tertiary/aromatic N) is 2. The molecule has 3 heteroatoms. The Morgan fingerprint density at radius 1 is 1.25 bits per heavy atom. The Bertz CT molecular complexity index is 609. The molecule has 2 heterocycles. The van der Waals surface area contributed by atoms with E-state index in [1.54, 1.807) is 6.20 Å². The minimum absolute atomic E-state index is 0.122. The molecule has 0 aliphatic carbocycles. The van der Waals surface area contributed by atoms with E-state index < -0.39 is 0 Å². The van der Waals surface area contributed by atoms with Crippen LogP contribution in [0.1, 0.15) is 40.4 Å². The number of likely N-dealkylation sites (tertiary alicyclic amines) is 1. The van der Waals surface area contributed by atoms with Gasteiger partial charge in [-0.25, -0.2) is 0 Å². The summed E-state index contributed by atoms with van der Waals surface area (Å²) < 4.78 is 0. The van der Waals surface area contributed by atoms with E-state index in [4.69, 9.17) is 0 Å². The normalized spacial score (nSPS) is 18.2. The summed E-state index contributed by atoms with van der Waals surface area (Å²) in [5.41, 5.74) is 3.15. The molecule has 0 bridgehead atoms. The van der Waals surface area contributed by atoms with Crippen LogP contribution in [0.15, 0.2) is 48.8 Å². The van der Waals surface area contributed by atoms with Crippen molar-refractivity contribution < 1.29 is 4.79 Å². The molecule has 1 aliphatic rings. The van der Waals surface area contributed by atoms with E-state index in [-0.39, 0.29) is 11.9 Å². The van der Waals surface area contributed by atoms with Crippen LogP contribution in [-0.4, -0.2) is 22.3 Å². The highest BCUT2D eigenvalue weighted by Crippen LogP contribution is 2.34. The van der Waals surface area contributed by atoms with Crippen molar-refractivity contribution in [1.29, 1.82) is 0 Å². The Kier molecular flexibility index (Phi) is 3.50. The Labute approximate surface area is 119 Å². The summed E-state index contributed by atoms with van der Waals surface area (Å²) in [6, 6.07) is 11.7. The Balaban J connectivity index is 1.90. The van der Waals surface area contributed by atoms with Crippen molar-refractivity contribution in [2.45, 2.75) is 25.8 Å². The standard InChI is InChI=1S/C17H18N2O/c1-13-9-10-18-12-15(13)16-8-5-11-19(16)17(20)14-6-3-2-4-7-14/h2-4,6-7,9-10,12,16H,5,8,11H2,1H3/t16-/m1/s1. The lowest BCUT2D eigenvalue weighted by molar-refractivity contribution is 0.0735. The molecule has 1 aromatic heterocycles. The summed E-state index contributed by atoms with van der Waals surface area (Å²) in [5, 5.41) is 0. The summed E-state index contributed by atoms with van der Waals surface area (Å²) in [6.45, 7) is 2.91. The number of carbonyl (C=O) groups excluding carboxylic acids is 1. The molecule has 0 radical (unpaired) electrons. The zero-order valence-corrected chi connectivity index (χ0v) is 11.6. The molecule has 1 amide bonds. The average Bonchev–Trinajstić information content (AvgIpc) is 2.97. The van der Waals surface area contributed by atoms with E-state index in [0.717, 1.165) is 24.9 Å². The van der Waals surface area contributed by atoms with E-state index in [9.17, 15) is 4.79 Å². The molecule has 0 unspecified atom stereocenters. The van der Waals surface area contributed by atoms with Gasteiger partial charge < -0.3 is 4.90 Å². The van der Waals surface area contributed by atoms with Crippen LogP contribution < -0.4 is 0 Å². The van der Waals surface area contributed by atoms with Crippen molar-refractivity contribution in [2.75, 3.05) is 6.54 Å². The van der Waals surface area contributed by atoms with Gasteiger partial charge in [0.1, 0.15) is 0 Å². The molecule has 1 aliphatic heterocycles. The van der Waals surface area contributed by atoms with Crippen LogP contribution in [0.2, 0.25) is 0 Å². The third-order valence-electron chi connectivity index (χ3n) is 3.97. The largest absolute Gasteiger partial charge is 0.332 e. The first kappa shape index (κ1) is 12.9. The van der Waals surface area contributed by atoms with E-state index in [2.05, 4.69) is 11.9 Å². The molecule has 1 aromatic carbocycles. The lowest BCUT2D eigenvalue weighted by atomic mass is 10.0. The molecule has 0 N–H and O–H groups in total. The lowest BCUT2D eigenvalue weighted by Crippen LogP contribution is -2.30. The minimum Gasteiger partial charge on any atom is -0.332 e. The minimum atomic E-state index is 0.122. The van der Waals surface area contributed by atoms with Crippen LogP contribution in [0.3, 0.4) is 0 Å². The highest BCUT2D eigenvalue weighted by molar-refractivity contribution is 5.94. The van der Waals surface area contributed by atoms with Crippen LogP contribution in [0.5, 0.6) is 0 Å². The number of aromatic nitrogens is 1. The van der Waals surface area contributed by atoms with Crippen molar-refractivity contribution in [1.82, 2.24) is 9.88 Å². The molecule has 3 rings (SSSR count). The number of aryl methyl sites for hydroxylation is 1. The van der Waals surface area contributed by atoms with Crippen molar-refractivity contribution in [3.63, 3.8) is 0 Å². The SMILES string of the molecule is Cc1ccncc1[C@H]1CCCN1C(=O)c1ccccc1. The summed E-state index contributed by atoms with van der Waals surface area (Å²) in [7, 11) is 0. The smallest absolute Gasteiger partial charge is 0.254 e. The molecule has 102 valence electrons. The van der Waals surface area contributed by atoms with Crippen LogP contribution in [0.25, 0.3) is 0 Å². The first-order valence-electron chi connectivity index (χ1n) is 7.04. The van der Waals surface area contributed by atoms with Crippen molar-refractivity contribution >= 4 is 5.91 Å². The first-order valence-corrected chi connectivity index (χ1v) is 7.04. The third-order valence-corrected chi connectivity index (χ3v) is 3.97. The number of carbonyl (C=O) groups is 1. The highest BCUT2D eigenvalue weighted by Gasteiger charge is 2.31. The van der Waals surface area contributed by atoms with Gasteiger partial charge in [-0.1, -0.05) is 18.2 Å². The zero-order chi connectivity index (χ0) is 13.9. The molecule has 2 aromatic rings. The molecule has 0 spiro atoms. The van der Waals surface area contributed by atoms with Crippen LogP contribution in [-0.2, 0) is 0 Å². The second-order valence-corrected chi connectivity index (χ2v) is 5.25. The number of hydrogen-bond donors (Lipinski definition) is 0. The fourth-order valence-electron chi connectivity index (χ4n) is 2.90. The maximum Gasteiger partial charge on any atom is 0.254 e. The second-order valence-electron chi connectivity index (χ2n) is 5.25. The summed E-state index contributed by atoms with van der Waals surface area (Å²) >= 11 is 0. The van der Waals surface area contributed by atoms with E-state index in [0.29, 0.717) is 0 Å². The van der Waals surface area contributed by atoms with Crippen LogP contribution in [0, 0.1) is 6.92 Å². The number of pyridine rings is 1. The molecule has 1 atom stereocenters. The molecular formula is C17H18N2O. The Hall–Kier alpha value is -2.16. The molecule has 20 heavy (non-hydrogen) atoms. The predicted octanol–water partition coefficient (Wildman–Crippen LogP) is 3.37. The van der Waals surface area contributed by atoms with Crippen molar-refractivity contribution in [3.05, 3.63) is 65.5 Å². The van der Waals surface area contributed by atoms with Gasteiger partial charge in [-0.2, -0.15) is 0 Å². The maximum absolute atomic E-state index is 12.6. The average molecular weight is 266 g/mol. The highest BCUT2D eigenvalue weighted by atomic mass is 16.2. The van der Waals surface area contributed by atoms with Crippen LogP contribution in [0.4, 0.5) is 0 Å². The number of amides is 1. The van der Waals surface area contributed by atoms with Crippen LogP contribution >= 0.6 is 0 Å². The maximum atomic E-state index is 12.6. The summed E-state index contributed by atoms with van der Waals surface area (Å²) in [6.07, 6.45) is 5.77. The Morgan fingerprint density at radius 2 is 2.05 bits per heavy atom. The monoisotopic (exact) mass is 266 g/mol. The van der Waals surface area contributed by atoms with Crippen molar-refractivity contribution in [2.24, 2.45) is 0 Å². The van der Waals surface area contributed by atoms with Gasteiger partial charge in [0, 0.05) is 24.5 Å². The second kappa shape index (κ2) is 5.45.